The lowest BCUT2D eigenvalue weighted by molar-refractivity contribution is 0.755. The van der Waals surface area contributed by atoms with Crippen molar-refractivity contribution in [1.82, 2.24) is 15.1 Å². The molecule has 0 spiro atoms. The van der Waals surface area contributed by atoms with Gasteiger partial charge in [-0.05, 0) is 32.2 Å². The molecule has 0 aliphatic rings. The van der Waals surface area contributed by atoms with Gasteiger partial charge in [0, 0.05) is 19.2 Å². The van der Waals surface area contributed by atoms with Crippen LogP contribution in [0.3, 0.4) is 0 Å². The Morgan fingerprint density at radius 2 is 1.94 bits per heavy atom. The first-order valence-electron chi connectivity index (χ1n) is 5.56. The van der Waals surface area contributed by atoms with Gasteiger partial charge in [0.2, 0.25) is 0 Å². The van der Waals surface area contributed by atoms with Gasteiger partial charge in [-0.2, -0.15) is 5.10 Å². The van der Waals surface area contributed by atoms with E-state index in [1.54, 1.807) is 0 Å². The third-order valence-electron chi connectivity index (χ3n) is 2.57. The SMILES string of the molecule is CNCCc1ccn(-c2ccc(C)cc2)n1. The van der Waals surface area contributed by atoms with Crippen LogP contribution in [-0.4, -0.2) is 23.4 Å². The number of nitrogens with zero attached hydrogens (tertiary/aromatic N) is 2. The highest BCUT2D eigenvalue weighted by atomic mass is 15.3. The number of benzene rings is 1. The Morgan fingerprint density at radius 3 is 2.62 bits per heavy atom. The zero-order valence-corrected chi connectivity index (χ0v) is 9.77. The number of aromatic nitrogens is 2. The van der Waals surface area contributed by atoms with Crippen LogP contribution >= 0.6 is 0 Å². The van der Waals surface area contributed by atoms with Crippen molar-refractivity contribution in [2.45, 2.75) is 13.3 Å². The average Bonchev–Trinajstić information content (AvgIpc) is 2.76. The minimum atomic E-state index is 0.963. The molecule has 0 radical (unpaired) electrons. The van der Waals surface area contributed by atoms with Gasteiger partial charge in [-0.3, -0.25) is 0 Å². The third kappa shape index (κ3) is 2.49. The molecule has 0 atom stereocenters. The number of rotatable bonds is 4. The van der Waals surface area contributed by atoms with Crippen LogP contribution in [0.5, 0.6) is 0 Å². The summed E-state index contributed by atoms with van der Waals surface area (Å²) in [6, 6.07) is 10.4. The molecule has 0 aliphatic heterocycles. The van der Waals surface area contributed by atoms with E-state index in [0.717, 1.165) is 24.3 Å². The molecule has 3 nitrogen and oxygen atoms in total. The monoisotopic (exact) mass is 215 g/mol. The van der Waals surface area contributed by atoms with Crippen LogP contribution in [-0.2, 0) is 6.42 Å². The molecule has 0 aliphatic carbocycles. The van der Waals surface area contributed by atoms with Crippen LogP contribution in [0.15, 0.2) is 36.5 Å². The van der Waals surface area contributed by atoms with E-state index < -0.39 is 0 Å². The van der Waals surface area contributed by atoms with Crippen molar-refractivity contribution in [3.8, 4) is 5.69 Å². The Labute approximate surface area is 96.1 Å². The first kappa shape index (κ1) is 10.9. The molecule has 3 heteroatoms. The predicted octanol–water partition coefficient (Wildman–Crippen LogP) is 1.94. The van der Waals surface area contributed by atoms with Gasteiger partial charge in [0.15, 0.2) is 0 Å². The molecule has 0 bridgehead atoms. The number of nitrogens with one attached hydrogen (secondary N) is 1. The van der Waals surface area contributed by atoms with Crippen molar-refractivity contribution < 1.29 is 0 Å². The second-order valence-electron chi connectivity index (χ2n) is 3.94. The smallest absolute Gasteiger partial charge is 0.0645 e. The van der Waals surface area contributed by atoms with Crippen LogP contribution in [0.2, 0.25) is 0 Å². The average molecular weight is 215 g/mol. The molecule has 0 saturated carbocycles. The fourth-order valence-electron chi connectivity index (χ4n) is 1.59. The lowest BCUT2D eigenvalue weighted by Crippen LogP contribution is -2.10. The highest BCUT2D eigenvalue weighted by Crippen LogP contribution is 2.09. The van der Waals surface area contributed by atoms with Crippen LogP contribution < -0.4 is 5.32 Å². The summed E-state index contributed by atoms with van der Waals surface area (Å²) in [5, 5.41) is 7.65. The molecule has 1 heterocycles. The van der Waals surface area contributed by atoms with Gasteiger partial charge in [0.05, 0.1) is 11.4 Å². The molecule has 1 aromatic carbocycles. The van der Waals surface area contributed by atoms with E-state index in [-0.39, 0.29) is 0 Å². The van der Waals surface area contributed by atoms with Gasteiger partial charge in [0.1, 0.15) is 0 Å². The highest BCUT2D eigenvalue weighted by Gasteiger charge is 2.00. The van der Waals surface area contributed by atoms with Crippen LogP contribution in [0.25, 0.3) is 5.69 Å². The van der Waals surface area contributed by atoms with Gasteiger partial charge >= 0.3 is 0 Å². The Hall–Kier alpha value is -1.61. The predicted molar refractivity (Wildman–Crippen MR) is 65.9 cm³/mol. The molecule has 16 heavy (non-hydrogen) atoms. The van der Waals surface area contributed by atoms with E-state index in [1.807, 2.05) is 17.9 Å². The molecule has 2 rings (SSSR count). The van der Waals surface area contributed by atoms with Crippen LogP contribution in [0.1, 0.15) is 11.3 Å². The number of hydrogen-bond donors (Lipinski definition) is 1. The summed E-state index contributed by atoms with van der Waals surface area (Å²) in [5.41, 5.74) is 3.50. The fraction of sp³-hybridized carbons (Fsp3) is 0.308. The van der Waals surface area contributed by atoms with E-state index in [2.05, 4.69) is 47.7 Å². The summed E-state index contributed by atoms with van der Waals surface area (Å²) in [6.07, 6.45) is 2.98. The van der Waals surface area contributed by atoms with E-state index in [4.69, 9.17) is 0 Å². The van der Waals surface area contributed by atoms with E-state index in [0.29, 0.717) is 0 Å². The van der Waals surface area contributed by atoms with Gasteiger partial charge < -0.3 is 5.32 Å². The van der Waals surface area contributed by atoms with Crippen molar-refractivity contribution in [3.05, 3.63) is 47.8 Å². The normalized spacial score (nSPS) is 10.6. The van der Waals surface area contributed by atoms with E-state index in [9.17, 15) is 0 Å². The lowest BCUT2D eigenvalue weighted by Gasteiger charge is -2.01. The lowest BCUT2D eigenvalue weighted by atomic mass is 10.2. The quantitative estimate of drug-likeness (QED) is 0.844. The summed E-state index contributed by atoms with van der Waals surface area (Å²) in [4.78, 5) is 0. The molecule has 0 saturated heterocycles. The summed E-state index contributed by atoms with van der Waals surface area (Å²) < 4.78 is 1.92. The van der Waals surface area contributed by atoms with Crippen LogP contribution in [0.4, 0.5) is 0 Å². The summed E-state index contributed by atoms with van der Waals surface area (Å²) in [7, 11) is 1.96. The first-order chi connectivity index (χ1) is 7.79. The third-order valence-corrected chi connectivity index (χ3v) is 2.57. The Kier molecular flexibility index (Phi) is 3.37. The van der Waals surface area contributed by atoms with Crippen molar-refractivity contribution in [2.24, 2.45) is 0 Å². The zero-order chi connectivity index (χ0) is 11.4. The molecule has 1 N–H and O–H groups in total. The van der Waals surface area contributed by atoms with Crippen molar-refractivity contribution >= 4 is 0 Å². The summed E-state index contributed by atoms with van der Waals surface area (Å²) in [5.74, 6) is 0. The van der Waals surface area contributed by atoms with Gasteiger partial charge in [-0.25, -0.2) is 4.68 Å². The Bertz CT molecular complexity index is 442. The first-order valence-corrected chi connectivity index (χ1v) is 5.56. The maximum Gasteiger partial charge on any atom is 0.0645 e. The number of hydrogen-bond acceptors (Lipinski definition) is 2. The van der Waals surface area contributed by atoms with Crippen molar-refractivity contribution in [3.63, 3.8) is 0 Å². The van der Waals surface area contributed by atoms with Gasteiger partial charge in [-0.1, -0.05) is 17.7 Å². The minimum absolute atomic E-state index is 0.963. The molecule has 0 amide bonds. The molecular formula is C13H17N3. The van der Waals surface area contributed by atoms with Crippen molar-refractivity contribution in [1.29, 1.82) is 0 Å². The molecule has 2 aromatic rings. The van der Waals surface area contributed by atoms with Crippen molar-refractivity contribution in [2.75, 3.05) is 13.6 Å². The van der Waals surface area contributed by atoms with Gasteiger partial charge in [-0.15, -0.1) is 0 Å². The molecule has 1 aromatic heterocycles. The second-order valence-corrected chi connectivity index (χ2v) is 3.94. The topological polar surface area (TPSA) is 29.9 Å². The summed E-state index contributed by atoms with van der Waals surface area (Å²) >= 11 is 0. The molecule has 84 valence electrons. The summed E-state index contributed by atoms with van der Waals surface area (Å²) in [6.45, 7) is 3.05. The highest BCUT2D eigenvalue weighted by molar-refractivity contribution is 5.33. The maximum atomic E-state index is 4.52. The van der Waals surface area contributed by atoms with E-state index in [1.165, 1.54) is 5.56 Å². The zero-order valence-electron chi connectivity index (χ0n) is 9.77. The Morgan fingerprint density at radius 1 is 1.19 bits per heavy atom. The van der Waals surface area contributed by atoms with Gasteiger partial charge in [0.25, 0.3) is 0 Å². The maximum absolute atomic E-state index is 4.52. The Balaban J connectivity index is 2.15. The molecular weight excluding hydrogens is 198 g/mol. The standard InChI is InChI=1S/C13H17N3/c1-11-3-5-13(6-4-11)16-10-8-12(15-16)7-9-14-2/h3-6,8,10,14H,7,9H2,1-2H3. The molecule has 0 fully saturated rings. The largest absolute Gasteiger partial charge is 0.319 e. The number of likely N-dealkylation sites (N-methyl/N-ethyl adjacent to an activating group) is 1. The second kappa shape index (κ2) is 4.94. The van der Waals surface area contributed by atoms with E-state index >= 15 is 0 Å². The fourth-order valence-corrected chi connectivity index (χ4v) is 1.59. The minimum Gasteiger partial charge on any atom is -0.319 e. The number of aryl methyl sites for hydroxylation is 1. The molecule has 0 unspecified atom stereocenters. The van der Waals surface area contributed by atoms with Crippen LogP contribution in [0, 0.1) is 6.92 Å².